The number of thiophene rings is 1. The summed E-state index contributed by atoms with van der Waals surface area (Å²) in [6.07, 6.45) is 7.06. The SMILES string of the molecule is Cc1[nH]ncc1-c1ccc2ncc(-c3ccc(C(=O)N4CCC[C@H]4C(N)=O)s3)n2c1. The van der Waals surface area contributed by atoms with Crippen molar-refractivity contribution in [3.63, 3.8) is 0 Å². The first-order valence-corrected chi connectivity index (χ1v) is 10.5. The summed E-state index contributed by atoms with van der Waals surface area (Å²) in [6, 6.07) is 7.20. The second-order valence-electron chi connectivity index (χ2n) is 7.42. The average molecular weight is 420 g/mol. The fourth-order valence-electron chi connectivity index (χ4n) is 4.00. The van der Waals surface area contributed by atoms with Gasteiger partial charge in [-0.3, -0.25) is 19.1 Å². The number of aromatic amines is 1. The van der Waals surface area contributed by atoms with E-state index in [0.717, 1.165) is 39.5 Å². The molecule has 0 unspecified atom stereocenters. The molecule has 30 heavy (non-hydrogen) atoms. The van der Waals surface area contributed by atoms with Crippen molar-refractivity contribution in [2.75, 3.05) is 6.54 Å². The van der Waals surface area contributed by atoms with Crippen molar-refractivity contribution >= 4 is 28.8 Å². The molecule has 0 radical (unpaired) electrons. The molecular weight excluding hydrogens is 400 g/mol. The largest absolute Gasteiger partial charge is 0.368 e. The van der Waals surface area contributed by atoms with Gasteiger partial charge >= 0.3 is 0 Å². The van der Waals surface area contributed by atoms with Crippen LogP contribution in [-0.2, 0) is 4.79 Å². The highest BCUT2D eigenvalue weighted by Gasteiger charge is 2.33. The van der Waals surface area contributed by atoms with Gasteiger partial charge in [-0.25, -0.2) is 4.98 Å². The maximum atomic E-state index is 13.0. The lowest BCUT2D eigenvalue weighted by molar-refractivity contribution is -0.121. The molecule has 1 atom stereocenters. The molecular formula is C21H20N6O2S. The highest BCUT2D eigenvalue weighted by atomic mass is 32.1. The smallest absolute Gasteiger partial charge is 0.264 e. The zero-order valence-electron chi connectivity index (χ0n) is 16.3. The summed E-state index contributed by atoms with van der Waals surface area (Å²) in [5, 5.41) is 7.06. The van der Waals surface area contributed by atoms with Crippen LogP contribution < -0.4 is 5.73 Å². The standard InChI is InChI=1S/C21H20N6O2S/c1-12-14(9-24-25-12)13-4-7-19-23-10-16(27(19)11-13)17-5-6-18(30-17)21(29)26-8-2-3-15(26)20(22)28/h4-7,9-11,15H,2-3,8H2,1H3,(H2,22,28)(H,24,25)/t15-/m0/s1. The minimum Gasteiger partial charge on any atom is -0.368 e. The first kappa shape index (κ1) is 18.6. The Morgan fingerprint density at radius 1 is 1.23 bits per heavy atom. The molecule has 2 amide bonds. The monoisotopic (exact) mass is 420 g/mol. The Labute approximate surface area is 176 Å². The number of hydrogen-bond acceptors (Lipinski definition) is 5. The number of carbonyl (C=O) groups is 2. The molecule has 5 rings (SSSR count). The molecule has 9 heteroatoms. The Balaban J connectivity index is 1.50. The summed E-state index contributed by atoms with van der Waals surface area (Å²) in [5.74, 6) is -0.586. The van der Waals surface area contributed by atoms with Gasteiger partial charge in [-0.2, -0.15) is 5.10 Å². The summed E-state index contributed by atoms with van der Waals surface area (Å²) in [6.45, 7) is 2.54. The molecule has 5 heterocycles. The molecule has 4 aromatic rings. The van der Waals surface area contributed by atoms with Crippen LogP contribution in [-0.4, -0.2) is 48.9 Å². The van der Waals surface area contributed by atoms with Crippen LogP contribution in [0.5, 0.6) is 0 Å². The van der Waals surface area contributed by atoms with Crippen LogP contribution in [0.15, 0.2) is 42.9 Å². The summed E-state index contributed by atoms with van der Waals surface area (Å²) >= 11 is 1.40. The fraction of sp³-hybridized carbons (Fsp3) is 0.238. The van der Waals surface area contributed by atoms with E-state index in [1.165, 1.54) is 11.3 Å². The molecule has 0 saturated carbocycles. The first-order chi connectivity index (χ1) is 14.5. The quantitative estimate of drug-likeness (QED) is 0.529. The van der Waals surface area contributed by atoms with Crippen molar-refractivity contribution < 1.29 is 9.59 Å². The topological polar surface area (TPSA) is 109 Å². The van der Waals surface area contributed by atoms with E-state index in [1.807, 2.05) is 48.0 Å². The number of nitrogens with zero attached hydrogens (tertiary/aromatic N) is 4. The molecule has 8 nitrogen and oxygen atoms in total. The normalized spacial score (nSPS) is 16.4. The van der Waals surface area contributed by atoms with E-state index in [4.69, 9.17) is 5.73 Å². The molecule has 1 fully saturated rings. The number of nitrogens with two attached hydrogens (primary N) is 1. The van der Waals surface area contributed by atoms with Crippen LogP contribution in [0.4, 0.5) is 0 Å². The number of aromatic nitrogens is 4. The molecule has 4 aromatic heterocycles. The number of rotatable bonds is 4. The van der Waals surface area contributed by atoms with Crippen LogP contribution in [0, 0.1) is 6.92 Å². The second-order valence-corrected chi connectivity index (χ2v) is 8.50. The Hall–Kier alpha value is -3.46. The van der Waals surface area contributed by atoms with E-state index in [0.29, 0.717) is 17.8 Å². The lowest BCUT2D eigenvalue weighted by Crippen LogP contribution is -2.43. The molecule has 0 spiro atoms. The molecule has 1 aliphatic heterocycles. The number of primary amides is 1. The van der Waals surface area contributed by atoms with Crippen molar-refractivity contribution in [2.24, 2.45) is 5.73 Å². The number of H-pyrrole nitrogens is 1. The Morgan fingerprint density at radius 3 is 2.87 bits per heavy atom. The fourth-order valence-corrected chi connectivity index (χ4v) is 4.97. The highest BCUT2D eigenvalue weighted by molar-refractivity contribution is 7.17. The number of nitrogens with one attached hydrogen (secondary N) is 1. The van der Waals surface area contributed by atoms with Gasteiger partial charge in [-0.1, -0.05) is 0 Å². The lowest BCUT2D eigenvalue weighted by Gasteiger charge is -2.21. The van der Waals surface area contributed by atoms with E-state index < -0.39 is 11.9 Å². The molecule has 0 aromatic carbocycles. The number of amides is 2. The molecule has 0 bridgehead atoms. The molecule has 1 saturated heterocycles. The zero-order chi connectivity index (χ0) is 20.8. The van der Waals surface area contributed by atoms with Gasteiger partial charge in [0.05, 0.1) is 27.8 Å². The number of carbonyl (C=O) groups excluding carboxylic acids is 2. The molecule has 1 aliphatic rings. The minimum absolute atomic E-state index is 0.143. The number of likely N-dealkylation sites (tertiary alicyclic amines) is 1. The van der Waals surface area contributed by atoms with Crippen LogP contribution in [0.1, 0.15) is 28.2 Å². The summed E-state index contributed by atoms with van der Waals surface area (Å²) in [7, 11) is 0. The van der Waals surface area contributed by atoms with Gasteiger partial charge in [0.25, 0.3) is 5.91 Å². The predicted octanol–water partition coefficient (Wildman–Crippen LogP) is 2.85. The highest BCUT2D eigenvalue weighted by Crippen LogP contribution is 2.32. The van der Waals surface area contributed by atoms with Gasteiger partial charge in [-0.05, 0) is 44.0 Å². The van der Waals surface area contributed by atoms with Crippen LogP contribution in [0.3, 0.4) is 0 Å². The van der Waals surface area contributed by atoms with Gasteiger partial charge in [0, 0.05) is 29.6 Å². The number of imidazole rings is 1. The molecule has 0 aliphatic carbocycles. The lowest BCUT2D eigenvalue weighted by atomic mass is 10.1. The van der Waals surface area contributed by atoms with E-state index in [1.54, 1.807) is 11.1 Å². The number of hydrogen-bond donors (Lipinski definition) is 2. The summed E-state index contributed by atoms with van der Waals surface area (Å²) in [4.78, 5) is 32.2. The zero-order valence-corrected chi connectivity index (χ0v) is 17.1. The van der Waals surface area contributed by atoms with Crippen molar-refractivity contribution in [1.29, 1.82) is 0 Å². The number of aryl methyl sites for hydroxylation is 1. The molecule has 152 valence electrons. The predicted molar refractivity (Wildman–Crippen MR) is 114 cm³/mol. The Bertz CT molecular complexity index is 1270. The number of fused-ring (bicyclic) bond motifs is 1. The summed E-state index contributed by atoms with van der Waals surface area (Å²) in [5.41, 5.74) is 10.3. The average Bonchev–Trinajstić information content (AvgIpc) is 3.51. The van der Waals surface area contributed by atoms with Crippen molar-refractivity contribution in [3.8, 4) is 21.7 Å². The van der Waals surface area contributed by atoms with Crippen molar-refractivity contribution in [2.45, 2.75) is 25.8 Å². The van der Waals surface area contributed by atoms with Crippen molar-refractivity contribution in [3.05, 3.63) is 53.4 Å². The van der Waals surface area contributed by atoms with E-state index >= 15 is 0 Å². The van der Waals surface area contributed by atoms with Gasteiger partial charge in [0.15, 0.2) is 0 Å². The van der Waals surface area contributed by atoms with E-state index in [2.05, 4.69) is 15.2 Å². The third kappa shape index (κ3) is 2.98. The maximum Gasteiger partial charge on any atom is 0.264 e. The van der Waals surface area contributed by atoms with Gasteiger partial charge < -0.3 is 10.6 Å². The first-order valence-electron chi connectivity index (χ1n) is 9.71. The second kappa shape index (κ2) is 7.10. The Kier molecular flexibility index (Phi) is 4.39. The van der Waals surface area contributed by atoms with Gasteiger partial charge in [0.2, 0.25) is 5.91 Å². The van der Waals surface area contributed by atoms with Gasteiger partial charge in [-0.15, -0.1) is 11.3 Å². The van der Waals surface area contributed by atoms with Crippen molar-refractivity contribution in [1.82, 2.24) is 24.5 Å². The Morgan fingerprint density at radius 2 is 2.10 bits per heavy atom. The number of pyridine rings is 1. The summed E-state index contributed by atoms with van der Waals surface area (Å²) < 4.78 is 2.02. The van der Waals surface area contributed by atoms with Gasteiger partial charge in [0.1, 0.15) is 11.7 Å². The molecule has 3 N–H and O–H groups in total. The van der Waals surface area contributed by atoms with Crippen LogP contribution in [0.2, 0.25) is 0 Å². The third-order valence-corrected chi connectivity index (χ3v) is 6.65. The van der Waals surface area contributed by atoms with E-state index in [9.17, 15) is 9.59 Å². The minimum atomic E-state index is -0.514. The third-order valence-electron chi connectivity index (χ3n) is 5.56. The van der Waals surface area contributed by atoms with Crippen LogP contribution >= 0.6 is 11.3 Å². The van der Waals surface area contributed by atoms with Crippen LogP contribution in [0.25, 0.3) is 27.3 Å². The van der Waals surface area contributed by atoms with E-state index in [-0.39, 0.29) is 5.91 Å². The maximum absolute atomic E-state index is 13.0.